The maximum Gasteiger partial charge on any atom is 0.262 e. The van der Waals surface area contributed by atoms with E-state index in [9.17, 15) is 9.59 Å². The number of carbonyl (C=O) groups is 2. The fourth-order valence-electron chi connectivity index (χ4n) is 2.52. The number of hydrogen-bond acceptors (Lipinski definition) is 3. The molecule has 1 aliphatic heterocycles. The lowest BCUT2D eigenvalue weighted by atomic mass is 10.1. The Labute approximate surface area is 134 Å². The van der Waals surface area contributed by atoms with Gasteiger partial charge in [0.15, 0.2) is 12.4 Å². The molecule has 2 aromatic carbocycles. The topological polar surface area (TPSA) is 67.4 Å². The fraction of sp³-hybridized carbons (Fsp3) is 0.222. The third-order valence-corrected chi connectivity index (χ3v) is 3.61. The fourth-order valence-corrected chi connectivity index (χ4v) is 2.52. The van der Waals surface area contributed by atoms with Crippen molar-refractivity contribution in [2.24, 2.45) is 0 Å². The zero-order valence-corrected chi connectivity index (χ0v) is 13.1. The minimum absolute atomic E-state index is 0.0447. The van der Waals surface area contributed by atoms with E-state index >= 15 is 0 Å². The molecule has 2 N–H and O–H groups in total. The Kier molecular flexibility index (Phi) is 4.02. The van der Waals surface area contributed by atoms with Crippen LogP contribution in [-0.4, -0.2) is 18.4 Å². The minimum atomic E-state index is -0.194. The molecule has 0 saturated heterocycles. The summed E-state index contributed by atoms with van der Waals surface area (Å²) in [6, 6.07) is 11.5. The van der Waals surface area contributed by atoms with Crippen LogP contribution >= 0.6 is 0 Å². The number of amides is 2. The van der Waals surface area contributed by atoms with Crippen molar-refractivity contribution in [1.82, 2.24) is 0 Å². The molecule has 2 amide bonds. The lowest BCUT2D eigenvalue weighted by molar-refractivity contribution is -0.118. The van der Waals surface area contributed by atoms with E-state index in [1.165, 1.54) is 0 Å². The molecule has 118 valence electrons. The summed E-state index contributed by atoms with van der Waals surface area (Å²) in [6.45, 7) is 3.86. The molecular weight excluding hydrogens is 292 g/mol. The maximum atomic E-state index is 12.3. The summed E-state index contributed by atoms with van der Waals surface area (Å²) in [5.41, 5.74) is 4.21. The Morgan fingerprint density at radius 1 is 1.17 bits per heavy atom. The first-order chi connectivity index (χ1) is 11.0. The molecule has 0 spiro atoms. The maximum absolute atomic E-state index is 12.3. The number of nitrogens with one attached hydrogen (secondary N) is 2. The smallest absolute Gasteiger partial charge is 0.262 e. The standard InChI is InChI=1S/C18H18N2O3/c1-11-3-5-13(6-4-11)9-16(21)19-14-7-12(2)8-15-18(14)23-10-17(22)20-15/h3-8H,9-10H2,1-2H3,(H,19,21)(H,20,22). The van der Waals surface area contributed by atoms with E-state index < -0.39 is 0 Å². The summed E-state index contributed by atoms with van der Waals surface area (Å²) >= 11 is 0. The van der Waals surface area contributed by atoms with Gasteiger partial charge in [0.1, 0.15) is 0 Å². The van der Waals surface area contributed by atoms with Gasteiger partial charge >= 0.3 is 0 Å². The summed E-state index contributed by atoms with van der Waals surface area (Å²) in [4.78, 5) is 23.7. The lowest BCUT2D eigenvalue weighted by Crippen LogP contribution is -2.26. The van der Waals surface area contributed by atoms with Crippen LogP contribution in [0.3, 0.4) is 0 Å². The summed E-state index contributed by atoms with van der Waals surface area (Å²) < 4.78 is 5.46. The Balaban J connectivity index is 1.78. The van der Waals surface area contributed by atoms with E-state index in [1.54, 1.807) is 0 Å². The quantitative estimate of drug-likeness (QED) is 0.916. The zero-order valence-electron chi connectivity index (χ0n) is 13.1. The molecule has 0 saturated carbocycles. The SMILES string of the molecule is Cc1ccc(CC(=O)Nc2cc(C)cc3c2OCC(=O)N3)cc1. The van der Waals surface area contributed by atoms with Crippen molar-refractivity contribution in [3.05, 3.63) is 53.1 Å². The van der Waals surface area contributed by atoms with Crippen molar-refractivity contribution in [3.8, 4) is 5.75 Å². The highest BCUT2D eigenvalue weighted by Crippen LogP contribution is 2.37. The number of aryl methyl sites for hydroxylation is 2. The van der Waals surface area contributed by atoms with Gasteiger partial charge < -0.3 is 15.4 Å². The van der Waals surface area contributed by atoms with Crippen LogP contribution in [0.25, 0.3) is 0 Å². The summed E-state index contributed by atoms with van der Waals surface area (Å²) in [5, 5.41) is 5.63. The second-order valence-electron chi connectivity index (χ2n) is 5.74. The molecule has 23 heavy (non-hydrogen) atoms. The van der Waals surface area contributed by atoms with Gasteiger partial charge in [0, 0.05) is 0 Å². The molecule has 0 aliphatic carbocycles. The van der Waals surface area contributed by atoms with Gasteiger partial charge in [-0.25, -0.2) is 0 Å². The number of benzene rings is 2. The number of carbonyl (C=O) groups excluding carboxylic acids is 2. The van der Waals surface area contributed by atoms with Crippen molar-refractivity contribution in [2.45, 2.75) is 20.3 Å². The molecular formula is C18H18N2O3. The Morgan fingerprint density at radius 3 is 2.65 bits per heavy atom. The highest BCUT2D eigenvalue weighted by molar-refractivity contribution is 6.00. The van der Waals surface area contributed by atoms with Crippen LogP contribution in [0.5, 0.6) is 5.75 Å². The average Bonchev–Trinajstić information content (AvgIpc) is 2.49. The predicted molar refractivity (Wildman–Crippen MR) is 88.8 cm³/mol. The van der Waals surface area contributed by atoms with Crippen LogP contribution in [0, 0.1) is 13.8 Å². The van der Waals surface area contributed by atoms with E-state index in [0.29, 0.717) is 17.1 Å². The third kappa shape index (κ3) is 3.51. The van der Waals surface area contributed by atoms with E-state index in [-0.39, 0.29) is 24.8 Å². The molecule has 1 heterocycles. The molecule has 0 unspecified atom stereocenters. The Bertz CT molecular complexity index is 767. The van der Waals surface area contributed by atoms with Gasteiger partial charge in [0.25, 0.3) is 5.91 Å². The van der Waals surface area contributed by atoms with Crippen LogP contribution in [0.4, 0.5) is 11.4 Å². The third-order valence-electron chi connectivity index (χ3n) is 3.61. The van der Waals surface area contributed by atoms with E-state index in [4.69, 9.17) is 4.74 Å². The zero-order chi connectivity index (χ0) is 16.4. The molecule has 0 radical (unpaired) electrons. The van der Waals surface area contributed by atoms with Crippen molar-refractivity contribution in [2.75, 3.05) is 17.2 Å². The number of rotatable bonds is 3. The van der Waals surface area contributed by atoms with Gasteiger partial charge in [-0.3, -0.25) is 9.59 Å². The van der Waals surface area contributed by atoms with Crippen LogP contribution in [0.2, 0.25) is 0 Å². The van der Waals surface area contributed by atoms with Gasteiger partial charge in [-0.15, -0.1) is 0 Å². The predicted octanol–water partition coefficient (Wildman–Crippen LogP) is 2.82. The van der Waals surface area contributed by atoms with E-state index in [2.05, 4.69) is 10.6 Å². The van der Waals surface area contributed by atoms with Gasteiger partial charge in [0.05, 0.1) is 17.8 Å². The van der Waals surface area contributed by atoms with Gasteiger partial charge in [-0.05, 0) is 37.1 Å². The molecule has 2 aromatic rings. The number of fused-ring (bicyclic) bond motifs is 1. The molecule has 0 fully saturated rings. The van der Waals surface area contributed by atoms with E-state index in [0.717, 1.165) is 16.7 Å². The van der Waals surface area contributed by atoms with Gasteiger partial charge in [-0.2, -0.15) is 0 Å². The second-order valence-corrected chi connectivity index (χ2v) is 5.74. The second kappa shape index (κ2) is 6.12. The van der Waals surface area contributed by atoms with Crippen LogP contribution in [0.15, 0.2) is 36.4 Å². The normalized spacial score (nSPS) is 12.9. The molecule has 1 aliphatic rings. The first-order valence-electron chi connectivity index (χ1n) is 7.44. The Morgan fingerprint density at radius 2 is 1.91 bits per heavy atom. The van der Waals surface area contributed by atoms with Crippen molar-refractivity contribution in [1.29, 1.82) is 0 Å². The van der Waals surface area contributed by atoms with Crippen molar-refractivity contribution >= 4 is 23.2 Å². The van der Waals surface area contributed by atoms with Crippen LogP contribution < -0.4 is 15.4 Å². The summed E-state index contributed by atoms with van der Waals surface area (Å²) in [5.74, 6) is 0.189. The van der Waals surface area contributed by atoms with Crippen LogP contribution in [0.1, 0.15) is 16.7 Å². The molecule has 0 bridgehead atoms. The highest BCUT2D eigenvalue weighted by atomic mass is 16.5. The van der Waals surface area contributed by atoms with E-state index in [1.807, 2.05) is 50.2 Å². The summed E-state index contributed by atoms with van der Waals surface area (Å²) in [6.07, 6.45) is 0.287. The monoisotopic (exact) mass is 310 g/mol. The number of anilines is 2. The lowest BCUT2D eigenvalue weighted by Gasteiger charge is -2.21. The number of hydrogen-bond donors (Lipinski definition) is 2. The van der Waals surface area contributed by atoms with Crippen molar-refractivity contribution < 1.29 is 14.3 Å². The molecule has 5 nitrogen and oxygen atoms in total. The largest absolute Gasteiger partial charge is 0.479 e. The van der Waals surface area contributed by atoms with Gasteiger partial charge in [0.2, 0.25) is 5.91 Å². The number of ether oxygens (including phenoxy) is 1. The van der Waals surface area contributed by atoms with Crippen molar-refractivity contribution in [3.63, 3.8) is 0 Å². The highest BCUT2D eigenvalue weighted by Gasteiger charge is 2.21. The minimum Gasteiger partial charge on any atom is -0.479 e. The molecule has 5 heteroatoms. The average molecular weight is 310 g/mol. The molecule has 0 aromatic heterocycles. The molecule has 3 rings (SSSR count). The first-order valence-corrected chi connectivity index (χ1v) is 7.44. The first kappa shape index (κ1) is 15.1. The van der Waals surface area contributed by atoms with Gasteiger partial charge in [-0.1, -0.05) is 29.8 Å². The Hall–Kier alpha value is -2.82. The molecule has 0 atom stereocenters. The summed E-state index contributed by atoms with van der Waals surface area (Å²) in [7, 11) is 0. The van der Waals surface area contributed by atoms with Crippen LogP contribution in [-0.2, 0) is 16.0 Å².